The van der Waals surface area contributed by atoms with Crippen LogP contribution in [0.4, 0.5) is 0 Å². The van der Waals surface area contributed by atoms with E-state index in [1.807, 2.05) is 11.7 Å². The molecule has 112 valence electrons. The quantitative estimate of drug-likeness (QED) is 0.774. The molecule has 0 spiro atoms. The van der Waals surface area contributed by atoms with Crippen molar-refractivity contribution in [3.8, 4) is 11.5 Å². The molecule has 0 saturated carbocycles. The van der Waals surface area contributed by atoms with Crippen LogP contribution < -0.4 is 0 Å². The number of aromatic amines is 2. The Morgan fingerprint density at radius 2 is 2.00 bits per heavy atom. The molecule has 3 heterocycles. The molecule has 0 aliphatic carbocycles. The first-order valence-corrected chi connectivity index (χ1v) is 7.43. The van der Waals surface area contributed by atoms with E-state index < -0.39 is 0 Å². The number of rotatable bonds is 4. The van der Waals surface area contributed by atoms with Gasteiger partial charge in [-0.1, -0.05) is 27.7 Å². The van der Waals surface area contributed by atoms with Crippen LogP contribution in [0.5, 0.6) is 0 Å². The molecule has 0 atom stereocenters. The monoisotopic (exact) mass is 286 g/mol. The zero-order valence-electron chi connectivity index (χ0n) is 13.2. The van der Waals surface area contributed by atoms with E-state index in [1.54, 1.807) is 0 Å². The lowest BCUT2D eigenvalue weighted by Gasteiger charge is -1.99. The maximum absolute atomic E-state index is 4.64. The number of hydrogen-bond acceptors (Lipinski definition) is 3. The van der Waals surface area contributed by atoms with Crippen molar-refractivity contribution < 1.29 is 0 Å². The van der Waals surface area contributed by atoms with Crippen LogP contribution >= 0.6 is 0 Å². The Bertz CT molecular complexity index is 758. The molecule has 0 saturated heterocycles. The summed E-state index contributed by atoms with van der Waals surface area (Å²) >= 11 is 0. The SMILES string of the molecule is CC(C)Cc1cc(-c2nc3c([nH]2)c(C(C)C)nn3C)n[nH]1. The minimum Gasteiger partial charge on any atom is -0.334 e. The molecular formula is C15H22N6. The van der Waals surface area contributed by atoms with Gasteiger partial charge in [0.25, 0.3) is 0 Å². The van der Waals surface area contributed by atoms with Crippen molar-refractivity contribution in [1.29, 1.82) is 0 Å². The molecule has 3 rings (SSSR count). The third-order valence-electron chi connectivity index (χ3n) is 3.55. The molecule has 0 aliphatic heterocycles. The average molecular weight is 286 g/mol. The molecule has 3 aromatic rings. The molecule has 21 heavy (non-hydrogen) atoms. The summed E-state index contributed by atoms with van der Waals surface area (Å²) in [6, 6.07) is 2.07. The van der Waals surface area contributed by atoms with Crippen LogP contribution in [0.2, 0.25) is 0 Å². The number of aryl methyl sites for hydroxylation is 1. The van der Waals surface area contributed by atoms with E-state index in [2.05, 4.69) is 59.0 Å². The fraction of sp³-hybridized carbons (Fsp3) is 0.533. The molecule has 0 amide bonds. The molecule has 6 heteroatoms. The molecule has 6 nitrogen and oxygen atoms in total. The Morgan fingerprint density at radius 3 is 2.67 bits per heavy atom. The zero-order valence-corrected chi connectivity index (χ0v) is 13.2. The number of aromatic nitrogens is 6. The van der Waals surface area contributed by atoms with Gasteiger partial charge in [0.05, 0.1) is 5.69 Å². The molecule has 0 radical (unpaired) electrons. The molecule has 2 N–H and O–H groups in total. The molecular weight excluding hydrogens is 264 g/mol. The number of H-pyrrole nitrogens is 2. The minimum absolute atomic E-state index is 0.359. The standard InChI is InChI=1S/C15H22N6/c1-8(2)6-10-7-11(19-18-10)14-16-13-12(9(3)4)20-21(5)15(13)17-14/h7-9H,6H2,1-5H3,(H,16,17)(H,18,19). The smallest absolute Gasteiger partial charge is 0.176 e. The maximum atomic E-state index is 4.64. The van der Waals surface area contributed by atoms with E-state index in [0.717, 1.165) is 40.5 Å². The van der Waals surface area contributed by atoms with Gasteiger partial charge in [-0.05, 0) is 24.3 Å². The highest BCUT2D eigenvalue weighted by molar-refractivity contribution is 5.78. The van der Waals surface area contributed by atoms with Gasteiger partial charge in [-0.15, -0.1) is 0 Å². The van der Waals surface area contributed by atoms with Crippen LogP contribution in [0, 0.1) is 5.92 Å². The van der Waals surface area contributed by atoms with Gasteiger partial charge >= 0.3 is 0 Å². The Morgan fingerprint density at radius 1 is 1.24 bits per heavy atom. The highest BCUT2D eigenvalue weighted by atomic mass is 15.3. The van der Waals surface area contributed by atoms with Gasteiger partial charge in [0.2, 0.25) is 0 Å². The predicted octanol–water partition coefficient (Wildman–Crippen LogP) is 3.01. The average Bonchev–Trinajstić information content (AvgIpc) is 3.05. The van der Waals surface area contributed by atoms with Gasteiger partial charge in [0.15, 0.2) is 11.5 Å². The van der Waals surface area contributed by atoms with Gasteiger partial charge < -0.3 is 4.98 Å². The number of imidazole rings is 1. The third-order valence-corrected chi connectivity index (χ3v) is 3.55. The first kappa shape index (κ1) is 13.9. The van der Waals surface area contributed by atoms with E-state index in [0.29, 0.717) is 11.8 Å². The second-order valence-electron chi connectivity index (χ2n) is 6.32. The molecule has 0 unspecified atom stereocenters. The molecule has 3 aromatic heterocycles. The molecule has 0 fully saturated rings. The van der Waals surface area contributed by atoms with Gasteiger partial charge in [0.1, 0.15) is 11.2 Å². The van der Waals surface area contributed by atoms with Crippen LogP contribution in [0.1, 0.15) is 45.0 Å². The summed E-state index contributed by atoms with van der Waals surface area (Å²) in [5.74, 6) is 1.76. The lowest BCUT2D eigenvalue weighted by molar-refractivity contribution is 0.633. The number of fused-ring (bicyclic) bond motifs is 1. The van der Waals surface area contributed by atoms with Crippen LogP contribution in [0.3, 0.4) is 0 Å². The van der Waals surface area contributed by atoms with Crippen LogP contribution in [-0.2, 0) is 13.5 Å². The Kier molecular flexibility index (Phi) is 3.31. The van der Waals surface area contributed by atoms with Crippen LogP contribution in [0.15, 0.2) is 6.07 Å². The number of hydrogen-bond donors (Lipinski definition) is 2. The van der Waals surface area contributed by atoms with Crippen molar-refractivity contribution >= 4 is 11.2 Å². The lowest BCUT2D eigenvalue weighted by atomic mass is 10.1. The van der Waals surface area contributed by atoms with E-state index in [1.165, 1.54) is 0 Å². The van der Waals surface area contributed by atoms with Crippen LogP contribution in [0.25, 0.3) is 22.7 Å². The Balaban J connectivity index is 2.01. The second-order valence-corrected chi connectivity index (χ2v) is 6.32. The van der Waals surface area contributed by atoms with Crippen molar-refractivity contribution in [3.05, 3.63) is 17.5 Å². The van der Waals surface area contributed by atoms with Gasteiger partial charge in [0, 0.05) is 12.7 Å². The first-order valence-electron chi connectivity index (χ1n) is 7.43. The largest absolute Gasteiger partial charge is 0.334 e. The highest BCUT2D eigenvalue weighted by Crippen LogP contribution is 2.25. The topological polar surface area (TPSA) is 75.2 Å². The lowest BCUT2D eigenvalue weighted by Crippen LogP contribution is -1.95. The summed E-state index contributed by atoms with van der Waals surface area (Å²) in [6.45, 7) is 8.67. The van der Waals surface area contributed by atoms with E-state index >= 15 is 0 Å². The summed E-state index contributed by atoms with van der Waals surface area (Å²) in [5.41, 5.74) is 4.93. The second kappa shape index (κ2) is 5.02. The van der Waals surface area contributed by atoms with Crippen molar-refractivity contribution in [3.63, 3.8) is 0 Å². The van der Waals surface area contributed by atoms with Gasteiger partial charge in [-0.2, -0.15) is 10.2 Å². The number of nitrogens with zero attached hydrogens (tertiary/aromatic N) is 4. The summed E-state index contributed by atoms with van der Waals surface area (Å²) in [6.07, 6.45) is 0.992. The zero-order chi connectivity index (χ0) is 15.1. The van der Waals surface area contributed by atoms with Gasteiger partial charge in [-0.3, -0.25) is 5.10 Å². The summed E-state index contributed by atoms with van der Waals surface area (Å²) in [4.78, 5) is 8.01. The summed E-state index contributed by atoms with van der Waals surface area (Å²) < 4.78 is 1.83. The fourth-order valence-electron chi connectivity index (χ4n) is 2.59. The molecule has 0 bridgehead atoms. The van der Waals surface area contributed by atoms with E-state index in [4.69, 9.17) is 0 Å². The number of nitrogens with one attached hydrogen (secondary N) is 2. The van der Waals surface area contributed by atoms with Crippen molar-refractivity contribution in [1.82, 2.24) is 29.9 Å². The van der Waals surface area contributed by atoms with Crippen LogP contribution in [-0.4, -0.2) is 29.9 Å². The summed E-state index contributed by atoms with van der Waals surface area (Å²) in [5, 5.41) is 12.0. The van der Waals surface area contributed by atoms with E-state index in [-0.39, 0.29) is 0 Å². The minimum atomic E-state index is 0.359. The maximum Gasteiger partial charge on any atom is 0.176 e. The summed E-state index contributed by atoms with van der Waals surface area (Å²) in [7, 11) is 1.92. The Hall–Kier alpha value is -2.11. The molecule has 0 aliphatic rings. The Labute approximate surface area is 124 Å². The fourth-order valence-corrected chi connectivity index (χ4v) is 2.59. The third kappa shape index (κ3) is 2.46. The first-order chi connectivity index (χ1) is 9.95. The molecule has 0 aromatic carbocycles. The normalized spacial score (nSPS) is 12.1. The van der Waals surface area contributed by atoms with Crippen molar-refractivity contribution in [2.24, 2.45) is 13.0 Å². The van der Waals surface area contributed by atoms with E-state index in [9.17, 15) is 0 Å². The predicted molar refractivity (Wildman–Crippen MR) is 83.1 cm³/mol. The van der Waals surface area contributed by atoms with Crippen molar-refractivity contribution in [2.45, 2.75) is 40.0 Å². The van der Waals surface area contributed by atoms with Gasteiger partial charge in [-0.25, -0.2) is 9.67 Å². The van der Waals surface area contributed by atoms with Crippen molar-refractivity contribution in [2.75, 3.05) is 0 Å². The highest BCUT2D eigenvalue weighted by Gasteiger charge is 2.18.